The van der Waals surface area contributed by atoms with Gasteiger partial charge < -0.3 is 14.5 Å². The third-order valence-electron chi connectivity index (χ3n) is 7.90. The Morgan fingerprint density at radius 2 is 1.68 bits per heavy atom. The normalized spacial score (nSPS) is 15.8. The summed E-state index contributed by atoms with van der Waals surface area (Å²) in [4.78, 5) is 29.4. The zero-order valence-electron chi connectivity index (χ0n) is 23.2. The van der Waals surface area contributed by atoms with E-state index >= 15 is 0 Å². The van der Waals surface area contributed by atoms with Crippen molar-refractivity contribution in [2.75, 3.05) is 55.3 Å². The number of rotatable bonds is 7. The number of carbonyl (C=O) groups is 1. The molecule has 0 radical (unpaired) electrons. The lowest BCUT2D eigenvalue weighted by atomic mass is 9.99. The van der Waals surface area contributed by atoms with Gasteiger partial charge in [0.15, 0.2) is 5.16 Å². The number of aryl methyl sites for hydroxylation is 1. The van der Waals surface area contributed by atoms with E-state index in [1.165, 1.54) is 27.6 Å². The number of ether oxygens (including phenoxy) is 1. The van der Waals surface area contributed by atoms with E-state index in [4.69, 9.17) is 14.7 Å². The van der Waals surface area contributed by atoms with Gasteiger partial charge in [-0.2, -0.15) is 0 Å². The van der Waals surface area contributed by atoms with Gasteiger partial charge in [-0.1, -0.05) is 72.4 Å². The molecule has 1 saturated heterocycles. The Labute approximate surface area is 240 Å². The van der Waals surface area contributed by atoms with Crippen LogP contribution in [0.25, 0.3) is 10.8 Å². The second-order valence-electron chi connectivity index (χ2n) is 10.5. The second kappa shape index (κ2) is 11.9. The van der Waals surface area contributed by atoms with Gasteiger partial charge in [0.05, 0.1) is 18.8 Å². The number of aromatic nitrogens is 2. The Morgan fingerprint density at radius 3 is 2.45 bits per heavy atom. The summed E-state index contributed by atoms with van der Waals surface area (Å²) in [5.74, 6) is 0.888. The Morgan fingerprint density at radius 1 is 0.900 bits per heavy atom. The highest BCUT2D eigenvalue weighted by Crippen LogP contribution is 2.35. The molecule has 6 rings (SSSR count). The van der Waals surface area contributed by atoms with Gasteiger partial charge in [0.25, 0.3) is 0 Å². The molecule has 0 N–H and O–H groups in total. The van der Waals surface area contributed by atoms with Crippen molar-refractivity contribution in [1.82, 2.24) is 14.9 Å². The van der Waals surface area contributed by atoms with Gasteiger partial charge in [0, 0.05) is 49.4 Å². The zero-order valence-corrected chi connectivity index (χ0v) is 24.0. The highest BCUT2D eigenvalue weighted by atomic mass is 32.2. The van der Waals surface area contributed by atoms with Crippen molar-refractivity contribution in [1.29, 1.82) is 0 Å². The number of hydrogen-bond acceptors (Lipinski definition) is 8. The Kier molecular flexibility index (Phi) is 7.89. The molecule has 1 fully saturated rings. The minimum atomic E-state index is -0.176. The van der Waals surface area contributed by atoms with Crippen LogP contribution >= 0.6 is 11.8 Å². The molecule has 3 aromatic carbocycles. The van der Waals surface area contributed by atoms with Crippen molar-refractivity contribution < 1.29 is 9.53 Å². The molecule has 7 nitrogen and oxygen atoms in total. The predicted molar refractivity (Wildman–Crippen MR) is 162 cm³/mol. The lowest BCUT2D eigenvalue weighted by Crippen LogP contribution is -2.49. The summed E-state index contributed by atoms with van der Waals surface area (Å²) < 4.78 is 5.51. The van der Waals surface area contributed by atoms with E-state index < -0.39 is 0 Å². The van der Waals surface area contributed by atoms with E-state index in [-0.39, 0.29) is 5.97 Å². The predicted octanol–water partition coefficient (Wildman–Crippen LogP) is 5.09. The largest absolute Gasteiger partial charge is 0.460 e. The van der Waals surface area contributed by atoms with E-state index in [0.29, 0.717) is 13.2 Å². The molecule has 3 heterocycles. The maximum Gasteiger partial charge on any atom is 0.320 e. The van der Waals surface area contributed by atoms with E-state index in [9.17, 15) is 4.79 Å². The molecule has 0 aliphatic carbocycles. The molecule has 0 unspecified atom stereocenters. The van der Waals surface area contributed by atoms with Crippen LogP contribution in [0, 0.1) is 6.92 Å². The highest BCUT2D eigenvalue weighted by Gasteiger charge is 2.28. The first-order valence-corrected chi connectivity index (χ1v) is 15.2. The van der Waals surface area contributed by atoms with Crippen LogP contribution in [-0.2, 0) is 29.1 Å². The summed E-state index contributed by atoms with van der Waals surface area (Å²) in [6, 6.07) is 22.9. The molecule has 0 atom stereocenters. The van der Waals surface area contributed by atoms with Crippen molar-refractivity contribution in [3.63, 3.8) is 0 Å². The maximum atomic E-state index is 12.5. The molecule has 4 aromatic rings. The van der Waals surface area contributed by atoms with Crippen molar-refractivity contribution in [2.45, 2.75) is 31.7 Å². The van der Waals surface area contributed by atoms with Crippen molar-refractivity contribution >= 4 is 40.0 Å². The molecular weight excluding hydrogens is 518 g/mol. The van der Waals surface area contributed by atoms with E-state index in [1.807, 2.05) is 36.6 Å². The minimum absolute atomic E-state index is 0.176. The van der Waals surface area contributed by atoms with Crippen LogP contribution in [0.4, 0.5) is 11.5 Å². The average molecular weight is 554 g/mol. The van der Waals surface area contributed by atoms with Gasteiger partial charge in [-0.3, -0.25) is 9.69 Å². The fourth-order valence-corrected chi connectivity index (χ4v) is 6.18. The molecule has 206 valence electrons. The highest BCUT2D eigenvalue weighted by molar-refractivity contribution is 7.98. The van der Waals surface area contributed by atoms with Crippen LogP contribution < -0.4 is 9.80 Å². The molecular formula is C32H35N5O2S. The minimum Gasteiger partial charge on any atom is -0.460 e. The summed E-state index contributed by atoms with van der Waals surface area (Å²) in [5.41, 5.74) is 5.97. The van der Waals surface area contributed by atoms with Gasteiger partial charge in [-0.15, -0.1) is 0 Å². The van der Waals surface area contributed by atoms with Crippen LogP contribution in [0.1, 0.15) is 22.4 Å². The Hall–Kier alpha value is -3.62. The molecule has 2 aliphatic rings. The number of hydrogen-bond donors (Lipinski definition) is 0. The van der Waals surface area contributed by atoms with E-state index in [1.54, 1.807) is 11.8 Å². The quantitative estimate of drug-likeness (QED) is 0.178. The van der Waals surface area contributed by atoms with Gasteiger partial charge in [-0.05, 0) is 42.2 Å². The first-order valence-electron chi connectivity index (χ1n) is 13.9. The second-order valence-corrected chi connectivity index (χ2v) is 11.3. The average Bonchev–Trinajstić information content (AvgIpc) is 3.00. The molecule has 0 saturated carbocycles. The molecule has 0 bridgehead atoms. The zero-order chi connectivity index (χ0) is 27.5. The number of carbonyl (C=O) groups excluding carboxylic acids is 1. The van der Waals surface area contributed by atoms with E-state index in [2.05, 4.69) is 58.0 Å². The summed E-state index contributed by atoms with van der Waals surface area (Å²) >= 11 is 1.60. The van der Waals surface area contributed by atoms with Crippen LogP contribution in [0.5, 0.6) is 0 Å². The van der Waals surface area contributed by atoms with Crippen LogP contribution in [0.15, 0.2) is 71.9 Å². The summed E-state index contributed by atoms with van der Waals surface area (Å²) in [6.07, 6.45) is 2.95. The monoisotopic (exact) mass is 553 g/mol. The number of esters is 1. The molecule has 0 spiro atoms. The summed E-state index contributed by atoms with van der Waals surface area (Å²) in [5, 5.41) is 3.42. The fraction of sp³-hybridized carbons (Fsp3) is 0.344. The van der Waals surface area contributed by atoms with Gasteiger partial charge >= 0.3 is 5.97 Å². The topological polar surface area (TPSA) is 61.8 Å². The lowest BCUT2D eigenvalue weighted by Gasteiger charge is -2.38. The molecule has 2 aliphatic heterocycles. The first kappa shape index (κ1) is 26.6. The lowest BCUT2D eigenvalue weighted by molar-refractivity contribution is -0.146. The molecule has 40 heavy (non-hydrogen) atoms. The SMILES string of the molecule is CSc1nc2c(c(N3CCN(CC(=O)OCc4ccccc4)CC3)n1)CCN(c1cccc3cccc(C)c13)C2. The fourth-order valence-electron chi connectivity index (χ4n) is 5.80. The molecule has 0 amide bonds. The number of thioether (sulfide) groups is 1. The molecule has 1 aromatic heterocycles. The van der Waals surface area contributed by atoms with Gasteiger partial charge in [0.1, 0.15) is 12.4 Å². The van der Waals surface area contributed by atoms with Crippen molar-refractivity contribution in [2.24, 2.45) is 0 Å². The Balaban J connectivity index is 1.14. The standard InChI is InChI=1S/C32H35N5O2S/c1-23-8-6-11-25-12-7-13-28(30(23)25)37-15-14-26-27(20-37)33-32(40-2)34-31(26)36-18-16-35(17-19-36)21-29(38)39-22-24-9-4-3-5-10-24/h3-13H,14-22H2,1-2H3. The number of nitrogens with zero attached hydrogens (tertiary/aromatic N) is 5. The van der Waals surface area contributed by atoms with E-state index in [0.717, 1.165) is 67.9 Å². The van der Waals surface area contributed by atoms with Crippen molar-refractivity contribution in [3.05, 3.63) is 89.1 Å². The number of fused-ring (bicyclic) bond motifs is 2. The summed E-state index contributed by atoms with van der Waals surface area (Å²) in [6.45, 7) is 7.80. The first-order chi connectivity index (χ1) is 19.6. The maximum absolute atomic E-state index is 12.5. The third-order valence-corrected chi connectivity index (χ3v) is 8.45. The smallest absolute Gasteiger partial charge is 0.320 e. The molecule has 8 heteroatoms. The van der Waals surface area contributed by atoms with Crippen LogP contribution in [0.2, 0.25) is 0 Å². The summed E-state index contributed by atoms with van der Waals surface area (Å²) in [7, 11) is 0. The Bertz CT molecular complexity index is 1500. The van der Waals surface area contributed by atoms with Gasteiger partial charge in [-0.25, -0.2) is 9.97 Å². The van der Waals surface area contributed by atoms with Crippen LogP contribution in [-0.4, -0.2) is 66.4 Å². The number of benzene rings is 3. The van der Waals surface area contributed by atoms with Crippen LogP contribution in [0.3, 0.4) is 0 Å². The van der Waals surface area contributed by atoms with Crippen molar-refractivity contribution in [3.8, 4) is 0 Å². The van der Waals surface area contributed by atoms with Gasteiger partial charge in [0.2, 0.25) is 0 Å². The number of anilines is 2. The number of piperazine rings is 1. The third kappa shape index (κ3) is 5.64.